The van der Waals surface area contributed by atoms with Gasteiger partial charge in [0.15, 0.2) is 5.78 Å². The van der Waals surface area contributed by atoms with Gasteiger partial charge in [-0.25, -0.2) is 0 Å². The normalized spacial score (nSPS) is 14.0. The summed E-state index contributed by atoms with van der Waals surface area (Å²) in [4.78, 5) is 26.7. The van der Waals surface area contributed by atoms with E-state index in [4.69, 9.17) is 0 Å². The molecule has 0 atom stereocenters. The number of fused-ring (bicyclic) bond motifs is 3. The number of pyridine rings is 1. The number of carbonyl (C=O) groups is 2. The van der Waals surface area contributed by atoms with Crippen LogP contribution in [0.4, 0.5) is 0 Å². The fraction of sp³-hybridized carbons (Fsp3) is 0.545. The number of carbonyl (C=O) groups excluding carboxylic acids is 2. The van der Waals surface area contributed by atoms with Crippen LogP contribution < -0.4 is 5.32 Å². The van der Waals surface area contributed by atoms with E-state index in [1.165, 1.54) is 11.1 Å². The van der Waals surface area contributed by atoms with E-state index < -0.39 is 0 Å². The third-order valence-corrected chi connectivity index (χ3v) is 5.36. The minimum atomic E-state index is 0.133. The van der Waals surface area contributed by atoms with E-state index in [0.717, 1.165) is 56.3 Å². The summed E-state index contributed by atoms with van der Waals surface area (Å²) in [7, 11) is 4.15. The van der Waals surface area contributed by atoms with E-state index in [-0.39, 0.29) is 11.7 Å². The number of rotatable bonds is 9. The van der Waals surface area contributed by atoms with Gasteiger partial charge in [0.2, 0.25) is 5.91 Å². The van der Waals surface area contributed by atoms with Crippen molar-refractivity contribution in [1.82, 2.24) is 14.6 Å². The molecular formula is C22H31N3O2. The Morgan fingerprint density at radius 2 is 2.04 bits per heavy atom. The van der Waals surface area contributed by atoms with Gasteiger partial charge in [0.25, 0.3) is 0 Å². The molecular weight excluding hydrogens is 338 g/mol. The van der Waals surface area contributed by atoms with Crippen LogP contribution in [-0.2, 0) is 17.6 Å². The molecule has 3 rings (SSSR count). The van der Waals surface area contributed by atoms with Gasteiger partial charge < -0.3 is 14.6 Å². The van der Waals surface area contributed by atoms with Crippen molar-refractivity contribution in [3.8, 4) is 0 Å². The predicted molar refractivity (Wildman–Crippen MR) is 108 cm³/mol. The highest BCUT2D eigenvalue weighted by atomic mass is 16.1. The first kappa shape index (κ1) is 19.6. The molecule has 27 heavy (non-hydrogen) atoms. The minimum absolute atomic E-state index is 0.133. The van der Waals surface area contributed by atoms with Gasteiger partial charge in [-0.05, 0) is 76.0 Å². The number of Topliss-reactive ketones (excluding diaryl/α,β-unsaturated/α-hetero) is 1. The number of ketones is 1. The lowest BCUT2D eigenvalue weighted by molar-refractivity contribution is -0.121. The summed E-state index contributed by atoms with van der Waals surface area (Å²) < 4.78 is 2.04. The third kappa shape index (κ3) is 4.78. The summed E-state index contributed by atoms with van der Waals surface area (Å²) in [6.45, 7) is 1.71. The Balaban J connectivity index is 1.55. The molecule has 1 N–H and O–H groups in total. The van der Waals surface area contributed by atoms with Gasteiger partial charge in [-0.3, -0.25) is 9.59 Å². The van der Waals surface area contributed by atoms with Gasteiger partial charge in [0.05, 0.1) is 5.69 Å². The third-order valence-electron chi connectivity index (χ3n) is 5.36. The van der Waals surface area contributed by atoms with Crippen LogP contribution in [0.3, 0.4) is 0 Å². The van der Waals surface area contributed by atoms with Crippen molar-refractivity contribution in [3.05, 3.63) is 41.2 Å². The van der Waals surface area contributed by atoms with Gasteiger partial charge in [-0.2, -0.15) is 0 Å². The van der Waals surface area contributed by atoms with Gasteiger partial charge >= 0.3 is 0 Å². The largest absolute Gasteiger partial charge is 0.356 e. The van der Waals surface area contributed by atoms with Gasteiger partial charge in [0, 0.05) is 31.1 Å². The van der Waals surface area contributed by atoms with Gasteiger partial charge in [-0.1, -0.05) is 12.5 Å². The average Bonchev–Trinajstić information content (AvgIpc) is 2.96. The Bertz CT molecular complexity index is 807. The molecule has 0 spiro atoms. The molecule has 0 radical (unpaired) electrons. The predicted octanol–water partition coefficient (Wildman–Crippen LogP) is 3.24. The molecule has 1 aliphatic rings. The number of nitrogens with zero attached hydrogens (tertiary/aromatic N) is 2. The Labute approximate surface area is 161 Å². The van der Waals surface area contributed by atoms with Crippen LogP contribution >= 0.6 is 0 Å². The molecule has 5 heteroatoms. The fourth-order valence-electron chi connectivity index (χ4n) is 4.03. The highest BCUT2D eigenvalue weighted by Crippen LogP contribution is 2.30. The molecule has 0 unspecified atom stereocenters. The zero-order chi connectivity index (χ0) is 19.2. The van der Waals surface area contributed by atoms with Crippen molar-refractivity contribution >= 4 is 17.2 Å². The van der Waals surface area contributed by atoms with Gasteiger partial charge in [0.1, 0.15) is 0 Å². The van der Waals surface area contributed by atoms with Crippen LogP contribution in [0.25, 0.3) is 5.52 Å². The zero-order valence-corrected chi connectivity index (χ0v) is 16.6. The summed E-state index contributed by atoms with van der Waals surface area (Å²) >= 11 is 0. The van der Waals surface area contributed by atoms with Crippen LogP contribution in [0.5, 0.6) is 0 Å². The molecule has 0 aromatic carbocycles. The van der Waals surface area contributed by atoms with E-state index in [9.17, 15) is 9.59 Å². The molecule has 0 saturated heterocycles. The minimum Gasteiger partial charge on any atom is -0.356 e. The second-order valence-corrected chi connectivity index (χ2v) is 7.75. The van der Waals surface area contributed by atoms with Gasteiger partial charge in [-0.15, -0.1) is 0 Å². The van der Waals surface area contributed by atoms with E-state index in [1.807, 2.05) is 22.7 Å². The Hall–Kier alpha value is -2.14. The molecule has 146 valence electrons. The first-order valence-electron chi connectivity index (χ1n) is 10.1. The Morgan fingerprint density at radius 3 is 2.85 bits per heavy atom. The summed E-state index contributed by atoms with van der Waals surface area (Å²) in [6.07, 6.45) is 9.04. The number of nitrogens with one attached hydrogen (secondary N) is 1. The quantitative estimate of drug-likeness (QED) is 0.691. The van der Waals surface area contributed by atoms with E-state index in [1.54, 1.807) is 0 Å². The molecule has 2 heterocycles. The molecule has 0 aliphatic heterocycles. The molecule has 0 saturated carbocycles. The lowest BCUT2D eigenvalue weighted by Crippen LogP contribution is -2.25. The van der Waals surface area contributed by atoms with Crippen LogP contribution in [0.2, 0.25) is 0 Å². The maximum atomic E-state index is 12.4. The fourth-order valence-corrected chi connectivity index (χ4v) is 4.03. The highest BCUT2D eigenvalue weighted by molar-refractivity contribution is 5.99. The zero-order valence-electron chi connectivity index (χ0n) is 16.6. The second-order valence-electron chi connectivity index (χ2n) is 7.75. The molecule has 0 bridgehead atoms. The topological polar surface area (TPSA) is 53.8 Å². The SMILES string of the molecule is CN(C)CCCCCC(=O)NCCc1c2c(n3ccccc13)C(=O)CCC2. The number of hydrogen-bond acceptors (Lipinski definition) is 3. The maximum absolute atomic E-state index is 12.4. The molecule has 1 amide bonds. The van der Waals surface area contributed by atoms with Crippen LogP contribution in [0.1, 0.15) is 60.1 Å². The molecule has 0 fully saturated rings. The number of unbranched alkanes of at least 4 members (excludes halogenated alkanes) is 2. The lowest BCUT2D eigenvalue weighted by atomic mass is 9.92. The van der Waals surface area contributed by atoms with Crippen molar-refractivity contribution in [2.24, 2.45) is 0 Å². The van der Waals surface area contributed by atoms with Crippen molar-refractivity contribution in [1.29, 1.82) is 0 Å². The van der Waals surface area contributed by atoms with E-state index in [0.29, 0.717) is 19.4 Å². The van der Waals surface area contributed by atoms with Crippen molar-refractivity contribution in [2.45, 2.75) is 51.4 Å². The van der Waals surface area contributed by atoms with E-state index >= 15 is 0 Å². The van der Waals surface area contributed by atoms with E-state index in [2.05, 4.69) is 30.4 Å². The molecule has 1 aliphatic carbocycles. The number of hydrogen-bond donors (Lipinski definition) is 1. The molecule has 2 aromatic heterocycles. The average molecular weight is 370 g/mol. The second kappa shape index (κ2) is 9.18. The highest BCUT2D eigenvalue weighted by Gasteiger charge is 2.25. The maximum Gasteiger partial charge on any atom is 0.220 e. The smallest absolute Gasteiger partial charge is 0.220 e. The number of amides is 1. The van der Waals surface area contributed by atoms with Crippen molar-refractivity contribution < 1.29 is 9.59 Å². The standard InChI is InChI=1S/C22H31N3O2/c1-24(2)15-6-3-4-12-21(27)23-14-13-17-18-9-8-11-20(26)22(18)25-16-7-5-10-19(17)25/h5,7,10,16H,3-4,6,8-9,11-15H2,1-2H3,(H,23,27). The Morgan fingerprint density at radius 1 is 1.19 bits per heavy atom. The van der Waals surface area contributed by atoms with Crippen LogP contribution in [-0.4, -0.2) is 48.2 Å². The van der Waals surface area contributed by atoms with Crippen molar-refractivity contribution in [3.63, 3.8) is 0 Å². The number of aromatic nitrogens is 1. The molecule has 5 nitrogen and oxygen atoms in total. The van der Waals surface area contributed by atoms with Crippen molar-refractivity contribution in [2.75, 3.05) is 27.2 Å². The summed E-state index contributed by atoms with van der Waals surface area (Å²) in [5, 5.41) is 3.06. The van der Waals surface area contributed by atoms with Crippen LogP contribution in [0.15, 0.2) is 24.4 Å². The first-order chi connectivity index (χ1) is 13.1. The summed E-state index contributed by atoms with van der Waals surface area (Å²) in [5.74, 6) is 0.374. The molecule has 2 aromatic rings. The Kier molecular flexibility index (Phi) is 6.67. The monoisotopic (exact) mass is 369 g/mol. The lowest BCUT2D eigenvalue weighted by Gasteiger charge is -2.13. The summed E-state index contributed by atoms with van der Waals surface area (Å²) in [5.41, 5.74) is 4.38. The summed E-state index contributed by atoms with van der Waals surface area (Å²) in [6, 6.07) is 6.06. The van der Waals surface area contributed by atoms with Crippen LogP contribution in [0, 0.1) is 0 Å². The first-order valence-corrected chi connectivity index (χ1v) is 10.1.